The number of hydrogen-bond donors (Lipinski definition) is 1. The van der Waals surface area contributed by atoms with Crippen LogP contribution in [-0.2, 0) is 25.9 Å². The Bertz CT molecular complexity index is 1290. The van der Waals surface area contributed by atoms with Crippen molar-refractivity contribution in [3.05, 3.63) is 144 Å². The summed E-state index contributed by atoms with van der Waals surface area (Å²) < 4.78 is 0. The summed E-state index contributed by atoms with van der Waals surface area (Å²) in [4.78, 5) is 18.0. The van der Waals surface area contributed by atoms with Crippen LogP contribution in [0.25, 0.3) is 0 Å². The van der Waals surface area contributed by atoms with Gasteiger partial charge in [0.25, 0.3) is 0 Å². The van der Waals surface area contributed by atoms with Crippen LogP contribution < -0.4 is 0 Å². The molecule has 4 aromatic carbocycles. The minimum atomic E-state index is -0.756. The molecule has 0 aliphatic carbocycles. The third kappa shape index (κ3) is 6.17. The van der Waals surface area contributed by atoms with Crippen molar-refractivity contribution < 1.29 is 9.90 Å². The molecule has 0 aromatic heterocycles. The van der Waals surface area contributed by atoms with Crippen LogP contribution in [0.1, 0.15) is 22.3 Å². The fourth-order valence-corrected chi connectivity index (χ4v) is 6.38. The zero-order valence-electron chi connectivity index (χ0n) is 21.3. The van der Waals surface area contributed by atoms with Gasteiger partial charge in [-0.3, -0.25) is 0 Å². The Morgan fingerprint density at radius 3 is 1.55 bits per heavy atom. The number of aliphatic hydroxyl groups excluding tert-OH is 1. The second-order valence-electron chi connectivity index (χ2n) is 9.95. The predicted octanol–water partition coefficient (Wildman–Crippen LogP) is 6.47. The zero-order chi connectivity index (χ0) is 26.3. The van der Waals surface area contributed by atoms with Gasteiger partial charge in [-0.1, -0.05) is 137 Å². The van der Waals surface area contributed by atoms with Gasteiger partial charge in [-0.15, -0.1) is 0 Å². The number of carbonyl (C=O) groups is 1. The Hall–Kier alpha value is -3.41. The summed E-state index contributed by atoms with van der Waals surface area (Å²) in [5.41, 5.74) is 4.36. The molecule has 0 saturated carbocycles. The van der Waals surface area contributed by atoms with Crippen molar-refractivity contribution in [2.45, 2.75) is 48.9 Å². The van der Waals surface area contributed by atoms with E-state index in [-0.39, 0.29) is 16.9 Å². The van der Waals surface area contributed by atoms with Gasteiger partial charge in [-0.05, 0) is 35.1 Å². The van der Waals surface area contributed by atoms with Gasteiger partial charge < -0.3 is 14.9 Å². The molecule has 2 amide bonds. The number of urea groups is 1. The van der Waals surface area contributed by atoms with Gasteiger partial charge in [0.15, 0.2) is 0 Å². The van der Waals surface area contributed by atoms with Crippen LogP contribution in [0.2, 0.25) is 0 Å². The molecule has 1 heterocycles. The largest absolute Gasteiger partial charge is 0.389 e. The summed E-state index contributed by atoms with van der Waals surface area (Å²) in [5.74, 6) is 0. The Morgan fingerprint density at radius 2 is 1.05 bits per heavy atom. The molecule has 4 nitrogen and oxygen atoms in total. The monoisotopic (exact) mass is 568 g/mol. The van der Waals surface area contributed by atoms with E-state index in [4.69, 9.17) is 0 Å². The minimum absolute atomic E-state index is 0.0496. The Morgan fingerprint density at radius 1 is 0.632 bits per heavy atom. The van der Waals surface area contributed by atoms with Crippen LogP contribution in [0, 0.1) is 0 Å². The van der Waals surface area contributed by atoms with Crippen molar-refractivity contribution in [2.75, 3.05) is 0 Å². The summed E-state index contributed by atoms with van der Waals surface area (Å²) >= 11 is 3.93. The molecule has 1 fully saturated rings. The predicted molar refractivity (Wildman–Crippen MR) is 156 cm³/mol. The lowest BCUT2D eigenvalue weighted by Gasteiger charge is -2.51. The lowest BCUT2D eigenvalue weighted by Crippen LogP contribution is -2.68. The molecule has 1 N–H and O–H groups in total. The maximum absolute atomic E-state index is 14.4. The number of aliphatic hydroxyl groups is 1. The van der Waals surface area contributed by atoms with E-state index in [1.54, 1.807) is 0 Å². The summed E-state index contributed by atoms with van der Waals surface area (Å²) in [7, 11) is 0. The van der Waals surface area contributed by atoms with Crippen molar-refractivity contribution in [3.63, 3.8) is 0 Å². The van der Waals surface area contributed by atoms with Crippen LogP contribution in [-0.4, -0.2) is 44.0 Å². The SMILES string of the molecule is O=C1N(Cc2ccccc2)[C@H]([C@@H](Br)Cc2ccccc2)[C@@H](O)[C@@H](Cc2ccccc2)N1Cc1ccccc1. The highest BCUT2D eigenvalue weighted by Crippen LogP contribution is 2.33. The first kappa shape index (κ1) is 26.2. The molecule has 5 rings (SSSR count). The average Bonchev–Trinajstić information content (AvgIpc) is 2.95. The molecule has 4 atom stereocenters. The van der Waals surface area contributed by atoms with Gasteiger partial charge >= 0.3 is 6.03 Å². The van der Waals surface area contributed by atoms with Gasteiger partial charge in [0, 0.05) is 17.9 Å². The van der Waals surface area contributed by atoms with Gasteiger partial charge in [-0.25, -0.2) is 4.79 Å². The fraction of sp³-hybridized carbons (Fsp3) is 0.242. The zero-order valence-corrected chi connectivity index (χ0v) is 22.9. The van der Waals surface area contributed by atoms with Crippen LogP contribution in [0.3, 0.4) is 0 Å². The van der Waals surface area contributed by atoms with Crippen LogP contribution in [0.4, 0.5) is 4.79 Å². The summed E-state index contributed by atoms with van der Waals surface area (Å²) in [6, 6.07) is 39.7. The maximum Gasteiger partial charge on any atom is 0.321 e. The number of amides is 2. The highest BCUT2D eigenvalue weighted by Gasteiger charge is 2.48. The van der Waals surface area contributed by atoms with Crippen LogP contribution >= 0.6 is 15.9 Å². The van der Waals surface area contributed by atoms with Crippen molar-refractivity contribution in [3.8, 4) is 0 Å². The first-order chi connectivity index (χ1) is 18.6. The molecule has 0 radical (unpaired) electrons. The first-order valence-corrected chi connectivity index (χ1v) is 14.1. The van der Waals surface area contributed by atoms with Crippen molar-refractivity contribution in [1.29, 1.82) is 0 Å². The molecule has 1 aliphatic heterocycles. The van der Waals surface area contributed by atoms with Gasteiger partial charge in [0.2, 0.25) is 0 Å². The topological polar surface area (TPSA) is 43.8 Å². The minimum Gasteiger partial charge on any atom is -0.389 e. The van der Waals surface area contributed by atoms with E-state index in [1.165, 1.54) is 5.56 Å². The molecule has 5 heteroatoms. The van der Waals surface area contributed by atoms with E-state index in [0.717, 1.165) is 16.7 Å². The van der Waals surface area contributed by atoms with Crippen LogP contribution in [0.15, 0.2) is 121 Å². The lowest BCUT2D eigenvalue weighted by molar-refractivity contribution is -0.0428. The maximum atomic E-state index is 14.4. The van der Waals surface area contributed by atoms with Gasteiger partial charge in [0.1, 0.15) is 0 Å². The number of benzene rings is 4. The molecule has 1 saturated heterocycles. The quantitative estimate of drug-likeness (QED) is 0.235. The number of nitrogens with zero attached hydrogens (tertiary/aromatic N) is 2. The lowest BCUT2D eigenvalue weighted by atomic mass is 9.88. The molecular formula is C33H33BrN2O2. The molecule has 194 valence electrons. The molecule has 4 aromatic rings. The smallest absolute Gasteiger partial charge is 0.321 e. The molecule has 0 bridgehead atoms. The molecule has 38 heavy (non-hydrogen) atoms. The Kier molecular flexibility index (Phi) is 8.57. The standard InChI is InChI=1S/C33H33BrN2O2/c34-29(21-25-13-5-1-6-14-25)31-32(37)30(22-26-15-7-2-8-16-26)35(23-27-17-9-3-10-18-27)33(38)36(31)24-28-19-11-4-12-20-28/h1-20,29-32,37H,21-24H2/t29-,30+,31+,32-/m0/s1. The average molecular weight is 570 g/mol. The second-order valence-corrected chi connectivity index (χ2v) is 11.1. The fourth-order valence-electron chi connectivity index (χ4n) is 5.40. The van der Waals surface area contributed by atoms with Crippen molar-refractivity contribution >= 4 is 22.0 Å². The molecule has 0 unspecified atom stereocenters. The summed E-state index contributed by atoms with van der Waals surface area (Å²) in [6.45, 7) is 0.875. The second kappa shape index (κ2) is 12.4. The third-order valence-corrected chi connectivity index (χ3v) is 8.18. The molecule has 0 spiro atoms. The highest BCUT2D eigenvalue weighted by atomic mass is 79.9. The van der Waals surface area contributed by atoms with E-state index in [2.05, 4.69) is 40.2 Å². The normalized spacial score (nSPS) is 20.4. The number of rotatable bonds is 9. The Labute approximate surface area is 233 Å². The van der Waals surface area contributed by atoms with E-state index in [1.807, 2.05) is 107 Å². The van der Waals surface area contributed by atoms with Gasteiger partial charge in [0.05, 0.1) is 18.2 Å². The molecular weight excluding hydrogens is 536 g/mol. The first-order valence-electron chi connectivity index (χ1n) is 13.2. The van der Waals surface area contributed by atoms with E-state index < -0.39 is 12.1 Å². The van der Waals surface area contributed by atoms with Crippen LogP contribution in [0.5, 0.6) is 0 Å². The number of halogens is 1. The summed E-state index contributed by atoms with van der Waals surface area (Å²) in [6.07, 6.45) is 0.535. The summed E-state index contributed by atoms with van der Waals surface area (Å²) in [5, 5.41) is 12.1. The van der Waals surface area contributed by atoms with Crippen molar-refractivity contribution in [1.82, 2.24) is 9.80 Å². The van der Waals surface area contributed by atoms with Crippen molar-refractivity contribution in [2.24, 2.45) is 0 Å². The van der Waals surface area contributed by atoms with E-state index in [0.29, 0.717) is 25.9 Å². The van der Waals surface area contributed by atoms with E-state index in [9.17, 15) is 9.90 Å². The van der Waals surface area contributed by atoms with Gasteiger partial charge in [-0.2, -0.15) is 0 Å². The van der Waals surface area contributed by atoms with E-state index >= 15 is 0 Å². The number of hydrogen-bond acceptors (Lipinski definition) is 2. The number of carbonyl (C=O) groups excluding carboxylic acids is 1. The molecule has 1 aliphatic rings. The Balaban J connectivity index is 1.52. The number of alkyl halides is 1. The highest BCUT2D eigenvalue weighted by molar-refractivity contribution is 9.09. The third-order valence-electron chi connectivity index (χ3n) is 7.32.